The van der Waals surface area contributed by atoms with E-state index in [4.69, 9.17) is 15.6 Å². The Morgan fingerprint density at radius 3 is 2.63 bits per heavy atom. The molecule has 1 fully saturated rings. The number of aromatic nitrogens is 1. The fourth-order valence-electron chi connectivity index (χ4n) is 2.31. The molecule has 1 aromatic rings. The van der Waals surface area contributed by atoms with Crippen LogP contribution in [-0.2, 0) is 0 Å². The zero-order valence-electron chi connectivity index (χ0n) is 11.3. The van der Waals surface area contributed by atoms with Crippen LogP contribution < -0.4 is 10.5 Å². The summed E-state index contributed by atoms with van der Waals surface area (Å²) in [5, 5.41) is 8.92. The fraction of sp³-hybridized carbons (Fsp3) is 0.571. The molecule has 1 aliphatic rings. The Balaban J connectivity index is 2.07. The van der Waals surface area contributed by atoms with E-state index < -0.39 is 5.97 Å². The van der Waals surface area contributed by atoms with Gasteiger partial charge in [0.05, 0.1) is 5.69 Å². The molecule has 1 aromatic heterocycles. The number of nitrogens with zero attached hydrogens (tertiary/aromatic N) is 1. The van der Waals surface area contributed by atoms with Gasteiger partial charge in [-0.25, -0.2) is 9.78 Å². The lowest BCUT2D eigenvalue weighted by Gasteiger charge is -2.34. The Morgan fingerprint density at radius 1 is 1.42 bits per heavy atom. The molecule has 5 heteroatoms. The minimum Gasteiger partial charge on any atom is -0.477 e. The van der Waals surface area contributed by atoms with Crippen LogP contribution in [0.2, 0.25) is 0 Å². The molecule has 1 heterocycles. The maximum atomic E-state index is 10.9. The molecule has 0 saturated heterocycles. The second-order valence-corrected chi connectivity index (χ2v) is 5.88. The summed E-state index contributed by atoms with van der Waals surface area (Å²) in [5.74, 6) is -0.834. The molecular weight excluding hydrogens is 244 g/mol. The molecule has 0 amide bonds. The standard InChI is InChI=1S/C14H20N2O3/c1-14(2)7-5-9(6-8-14)19-12-10(15)3-4-11(16-12)13(17)18/h3-4,9H,5-8,15H2,1-2H3,(H,17,18). The number of aromatic carboxylic acids is 1. The summed E-state index contributed by atoms with van der Waals surface area (Å²) >= 11 is 0. The van der Waals surface area contributed by atoms with Crippen LogP contribution >= 0.6 is 0 Å². The van der Waals surface area contributed by atoms with Crippen LogP contribution in [0.3, 0.4) is 0 Å². The van der Waals surface area contributed by atoms with Gasteiger partial charge in [-0.2, -0.15) is 0 Å². The van der Waals surface area contributed by atoms with Gasteiger partial charge in [-0.05, 0) is 43.2 Å². The van der Waals surface area contributed by atoms with Crippen molar-refractivity contribution in [1.29, 1.82) is 0 Å². The molecule has 5 nitrogen and oxygen atoms in total. The first kappa shape index (κ1) is 13.6. The van der Waals surface area contributed by atoms with Crippen molar-refractivity contribution in [3.63, 3.8) is 0 Å². The van der Waals surface area contributed by atoms with Gasteiger partial charge in [0.15, 0.2) is 5.69 Å². The van der Waals surface area contributed by atoms with E-state index in [-0.39, 0.29) is 17.7 Å². The molecule has 0 aliphatic heterocycles. The number of nitrogens with two attached hydrogens (primary N) is 1. The van der Waals surface area contributed by atoms with Gasteiger partial charge in [-0.15, -0.1) is 0 Å². The fourth-order valence-corrected chi connectivity index (χ4v) is 2.31. The van der Waals surface area contributed by atoms with Crippen molar-refractivity contribution >= 4 is 11.7 Å². The number of anilines is 1. The molecule has 0 radical (unpaired) electrons. The van der Waals surface area contributed by atoms with Gasteiger partial charge in [0.25, 0.3) is 0 Å². The average molecular weight is 264 g/mol. The Labute approximate surface area is 112 Å². The minimum atomic E-state index is -1.07. The second kappa shape index (κ2) is 5.07. The molecule has 19 heavy (non-hydrogen) atoms. The summed E-state index contributed by atoms with van der Waals surface area (Å²) in [6.45, 7) is 4.50. The summed E-state index contributed by atoms with van der Waals surface area (Å²) in [5.41, 5.74) is 6.49. The van der Waals surface area contributed by atoms with Crippen LogP contribution in [0.15, 0.2) is 12.1 Å². The zero-order chi connectivity index (χ0) is 14.0. The number of hydrogen-bond acceptors (Lipinski definition) is 4. The van der Waals surface area contributed by atoms with Crippen molar-refractivity contribution in [3.8, 4) is 5.88 Å². The highest BCUT2D eigenvalue weighted by molar-refractivity contribution is 5.86. The topological polar surface area (TPSA) is 85.4 Å². The molecule has 2 rings (SSSR count). The lowest BCUT2D eigenvalue weighted by molar-refractivity contribution is 0.0684. The molecule has 0 spiro atoms. The minimum absolute atomic E-state index is 0.0414. The van der Waals surface area contributed by atoms with Crippen LogP contribution in [0.25, 0.3) is 0 Å². The maximum absolute atomic E-state index is 10.9. The Morgan fingerprint density at radius 2 is 2.05 bits per heavy atom. The summed E-state index contributed by atoms with van der Waals surface area (Å²) < 4.78 is 5.77. The first-order valence-corrected chi connectivity index (χ1v) is 6.54. The first-order chi connectivity index (χ1) is 8.87. The SMILES string of the molecule is CC1(C)CCC(Oc2nc(C(=O)O)ccc2N)CC1. The number of ether oxygens (including phenoxy) is 1. The largest absolute Gasteiger partial charge is 0.477 e. The van der Waals surface area contributed by atoms with E-state index in [2.05, 4.69) is 18.8 Å². The molecule has 0 unspecified atom stereocenters. The van der Waals surface area contributed by atoms with E-state index >= 15 is 0 Å². The predicted octanol–water partition coefficient (Wildman–Crippen LogP) is 2.71. The van der Waals surface area contributed by atoms with Crippen LogP contribution in [0.4, 0.5) is 5.69 Å². The predicted molar refractivity (Wildman–Crippen MR) is 72.3 cm³/mol. The van der Waals surface area contributed by atoms with Crippen molar-refractivity contribution in [2.45, 2.75) is 45.6 Å². The van der Waals surface area contributed by atoms with Crippen LogP contribution in [0.1, 0.15) is 50.0 Å². The third-order valence-corrected chi connectivity index (χ3v) is 3.67. The van der Waals surface area contributed by atoms with Gasteiger partial charge >= 0.3 is 5.97 Å². The number of hydrogen-bond donors (Lipinski definition) is 2. The maximum Gasteiger partial charge on any atom is 0.354 e. The summed E-state index contributed by atoms with van der Waals surface area (Å²) in [4.78, 5) is 14.8. The number of pyridine rings is 1. The van der Waals surface area contributed by atoms with E-state index in [1.54, 1.807) is 0 Å². The highest BCUT2D eigenvalue weighted by atomic mass is 16.5. The van der Waals surface area contributed by atoms with E-state index in [0.29, 0.717) is 11.1 Å². The van der Waals surface area contributed by atoms with E-state index in [0.717, 1.165) is 25.7 Å². The average Bonchev–Trinajstić information content (AvgIpc) is 2.34. The molecule has 3 N–H and O–H groups in total. The van der Waals surface area contributed by atoms with Crippen molar-refractivity contribution in [3.05, 3.63) is 17.8 Å². The summed E-state index contributed by atoms with van der Waals surface area (Å²) in [7, 11) is 0. The van der Waals surface area contributed by atoms with Crippen LogP contribution in [0.5, 0.6) is 5.88 Å². The van der Waals surface area contributed by atoms with Crippen molar-refractivity contribution in [2.24, 2.45) is 5.41 Å². The highest BCUT2D eigenvalue weighted by Crippen LogP contribution is 2.36. The lowest BCUT2D eigenvalue weighted by Crippen LogP contribution is -2.29. The van der Waals surface area contributed by atoms with Crippen molar-refractivity contribution in [1.82, 2.24) is 4.98 Å². The number of carbonyl (C=O) groups is 1. The Kier molecular flexibility index (Phi) is 3.64. The van der Waals surface area contributed by atoms with Gasteiger partial charge in [-0.1, -0.05) is 13.8 Å². The molecule has 0 atom stereocenters. The molecule has 1 saturated carbocycles. The molecule has 104 valence electrons. The molecule has 1 aliphatic carbocycles. The van der Waals surface area contributed by atoms with Gasteiger partial charge < -0.3 is 15.6 Å². The smallest absolute Gasteiger partial charge is 0.354 e. The number of carboxylic acid groups (broad SMARTS) is 1. The van der Waals surface area contributed by atoms with Gasteiger partial charge in [0.1, 0.15) is 6.10 Å². The van der Waals surface area contributed by atoms with Crippen molar-refractivity contribution in [2.75, 3.05) is 5.73 Å². The third kappa shape index (κ3) is 3.36. The summed E-state index contributed by atoms with van der Waals surface area (Å²) in [6.07, 6.45) is 4.16. The van der Waals surface area contributed by atoms with E-state index in [9.17, 15) is 4.79 Å². The molecule has 0 bridgehead atoms. The van der Waals surface area contributed by atoms with Gasteiger partial charge in [0.2, 0.25) is 5.88 Å². The van der Waals surface area contributed by atoms with Crippen LogP contribution in [-0.4, -0.2) is 22.2 Å². The van der Waals surface area contributed by atoms with E-state index in [1.165, 1.54) is 12.1 Å². The molecular formula is C14H20N2O3. The monoisotopic (exact) mass is 264 g/mol. The summed E-state index contributed by atoms with van der Waals surface area (Å²) in [6, 6.07) is 2.91. The van der Waals surface area contributed by atoms with Gasteiger partial charge in [-0.3, -0.25) is 0 Å². The lowest BCUT2D eigenvalue weighted by atomic mass is 9.76. The Hall–Kier alpha value is -1.78. The highest BCUT2D eigenvalue weighted by Gasteiger charge is 2.28. The number of rotatable bonds is 3. The zero-order valence-corrected chi connectivity index (χ0v) is 11.3. The number of nitrogen functional groups attached to an aromatic ring is 1. The third-order valence-electron chi connectivity index (χ3n) is 3.67. The van der Waals surface area contributed by atoms with Gasteiger partial charge in [0, 0.05) is 0 Å². The second-order valence-electron chi connectivity index (χ2n) is 5.88. The normalized spacial score (nSPS) is 19.1. The quantitative estimate of drug-likeness (QED) is 0.876. The number of carboxylic acids is 1. The van der Waals surface area contributed by atoms with Crippen LogP contribution in [0, 0.1) is 5.41 Å². The Bertz CT molecular complexity index is 476. The van der Waals surface area contributed by atoms with Crippen molar-refractivity contribution < 1.29 is 14.6 Å². The first-order valence-electron chi connectivity index (χ1n) is 6.54. The van der Waals surface area contributed by atoms with E-state index in [1.807, 2.05) is 0 Å². The molecule has 0 aromatic carbocycles.